The number of fused-ring (bicyclic) bond motifs is 2. The number of carbonyl (C=O) groups is 3. The third-order valence-electron chi connectivity index (χ3n) is 7.24. The van der Waals surface area contributed by atoms with E-state index in [1.807, 2.05) is 49.9 Å². The normalized spacial score (nSPS) is 21.0. The molecule has 4 rings (SSSR count). The molecule has 2 aliphatic rings. The summed E-state index contributed by atoms with van der Waals surface area (Å²) in [7, 11) is 0. The van der Waals surface area contributed by atoms with Gasteiger partial charge < -0.3 is 30.5 Å². The second-order valence-corrected chi connectivity index (χ2v) is 11.5. The Morgan fingerprint density at radius 3 is 2.12 bits per heavy atom. The molecule has 0 saturated carbocycles. The van der Waals surface area contributed by atoms with Crippen molar-refractivity contribution in [1.29, 1.82) is 5.41 Å². The predicted molar refractivity (Wildman–Crippen MR) is 150 cm³/mol. The van der Waals surface area contributed by atoms with Gasteiger partial charge in [0, 0.05) is 29.6 Å². The first-order valence-corrected chi connectivity index (χ1v) is 13.6. The number of nitrogen functional groups attached to an aromatic ring is 1. The Kier molecular flexibility index (Phi) is 8.78. The van der Waals surface area contributed by atoms with E-state index in [-0.39, 0.29) is 42.1 Å². The molecule has 40 heavy (non-hydrogen) atoms. The van der Waals surface area contributed by atoms with Gasteiger partial charge in [0.05, 0.1) is 6.10 Å². The van der Waals surface area contributed by atoms with E-state index in [2.05, 4.69) is 5.32 Å². The topological polar surface area (TPSA) is 155 Å². The summed E-state index contributed by atoms with van der Waals surface area (Å²) in [6.07, 6.45) is 2.86. The van der Waals surface area contributed by atoms with Gasteiger partial charge in [0.2, 0.25) is 5.91 Å². The number of carbonyl (C=O) groups excluding carboxylic acids is 2. The zero-order chi connectivity index (χ0) is 29.0. The van der Waals surface area contributed by atoms with Crippen molar-refractivity contribution in [2.24, 2.45) is 5.73 Å². The molecule has 2 aromatic carbocycles. The summed E-state index contributed by atoms with van der Waals surface area (Å²) in [6, 6.07) is 12.9. The van der Waals surface area contributed by atoms with Crippen molar-refractivity contribution in [2.75, 3.05) is 6.61 Å². The zero-order valence-corrected chi connectivity index (χ0v) is 23.2. The number of hydrogen-bond acceptors (Lipinski definition) is 6. The fourth-order valence-electron chi connectivity index (χ4n) is 5.52. The van der Waals surface area contributed by atoms with Crippen LogP contribution < -0.4 is 15.8 Å². The van der Waals surface area contributed by atoms with E-state index in [0.717, 1.165) is 24.2 Å². The third kappa shape index (κ3) is 7.38. The lowest BCUT2D eigenvalue weighted by Crippen LogP contribution is -2.56. The van der Waals surface area contributed by atoms with Gasteiger partial charge in [-0.05, 0) is 76.3 Å². The van der Waals surface area contributed by atoms with Crippen LogP contribution in [0.25, 0.3) is 0 Å². The summed E-state index contributed by atoms with van der Waals surface area (Å²) in [5.74, 6) is -0.940. The van der Waals surface area contributed by atoms with Crippen molar-refractivity contribution in [1.82, 2.24) is 10.2 Å². The number of rotatable bonds is 10. The van der Waals surface area contributed by atoms with E-state index in [1.165, 1.54) is 0 Å². The highest BCUT2D eigenvalue weighted by Crippen LogP contribution is 2.37. The maximum atomic E-state index is 14.0. The molecule has 2 fully saturated rings. The van der Waals surface area contributed by atoms with Crippen molar-refractivity contribution >= 4 is 23.6 Å². The van der Waals surface area contributed by atoms with E-state index < -0.39 is 17.9 Å². The van der Waals surface area contributed by atoms with E-state index >= 15 is 0 Å². The number of piperidine rings is 1. The van der Waals surface area contributed by atoms with Crippen molar-refractivity contribution < 1.29 is 29.0 Å². The summed E-state index contributed by atoms with van der Waals surface area (Å²) >= 11 is 0. The maximum Gasteiger partial charge on any atom is 0.329 e. The number of nitrogens with one attached hydrogen (secondary N) is 2. The van der Waals surface area contributed by atoms with Crippen LogP contribution in [-0.4, -0.2) is 70.1 Å². The van der Waals surface area contributed by atoms with Gasteiger partial charge in [0.15, 0.2) is 0 Å². The number of amidine groups is 1. The molecule has 0 spiro atoms. The molecule has 5 N–H and O–H groups in total. The number of amides is 2. The highest BCUT2D eigenvalue weighted by molar-refractivity contribution is 6.00. The van der Waals surface area contributed by atoms with Crippen molar-refractivity contribution in [3.63, 3.8) is 0 Å². The molecule has 0 aromatic heterocycles. The minimum absolute atomic E-state index is 0.0677. The van der Waals surface area contributed by atoms with Crippen LogP contribution in [0.2, 0.25) is 0 Å². The average Bonchev–Trinajstić information content (AvgIpc) is 3.16. The van der Waals surface area contributed by atoms with Crippen LogP contribution >= 0.6 is 0 Å². The highest BCUT2D eigenvalue weighted by Gasteiger charge is 2.45. The van der Waals surface area contributed by atoms with Crippen LogP contribution in [0.1, 0.15) is 67.9 Å². The van der Waals surface area contributed by atoms with E-state index in [1.54, 1.807) is 24.3 Å². The van der Waals surface area contributed by atoms with E-state index in [4.69, 9.17) is 25.7 Å². The van der Waals surface area contributed by atoms with Crippen LogP contribution in [0.4, 0.5) is 0 Å². The molecule has 2 saturated heterocycles. The Morgan fingerprint density at radius 1 is 1.02 bits per heavy atom. The summed E-state index contributed by atoms with van der Waals surface area (Å²) in [5, 5.41) is 19.5. The molecule has 0 radical (unpaired) electrons. The van der Waals surface area contributed by atoms with Crippen LogP contribution in [0, 0.1) is 5.41 Å². The van der Waals surface area contributed by atoms with E-state index in [0.29, 0.717) is 30.4 Å². The number of nitrogens with zero attached hydrogens (tertiary/aromatic N) is 1. The Bertz CT molecular complexity index is 1220. The Hall–Kier alpha value is -3.92. The molecule has 2 bridgehead atoms. The first-order chi connectivity index (χ1) is 18.9. The molecular formula is C30H38N4O6. The van der Waals surface area contributed by atoms with Gasteiger partial charge in [0.1, 0.15) is 29.8 Å². The number of carboxylic acids is 1. The summed E-state index contributed by atoms with van der Waals surface area (Å²) in [5.41, 5.74) is 6.93. The highest BCUT2D eigenvalue weighted by atomic mass is 16.5. The van der Waals surface area contributed by atoms with Crippen LogP contribution in [-0.2, 0) is 20.7 Å². The third-order valence-corrected chi connectivity index (χ3v) is 7.24. The number of aliphatic carboxylic acids is 1. The molecule has 0 aliphatic carbocycles. The van der Waals surface area contributed by atoms with Gasteiger partial charge in [0.25, 0.3) is 5.91 Å². The Labute approximate surface area is 234 Å². The second kappa shape index (κ2) is 12.1. The van der Waals surface area contributed by atoms with Crippen molar-refractivity contribution in [3.8, 4) is 5.75 Å². The second-order valence-electron chi connectivity index (χ2n) is 11.5. The molecule has 10 nitrogen and oxygen atoms in total. The molecule has 2 aliphatic heterocycles. The van der Waals surface area contributed by atoms with Gasteiger partial charge >= 0.3 is 5.97 Å². The number of hydrogen-bond donors (Lipinski definition) is 4. The predicted octanol–water partition coefficient (Wildman–Crippen LogP) is 3.11. The fraction of sp³-hybridized carbons (Fsp3) is 0.467. The minimum Gasteiger partial charge on any atom is -0.488 e. The lowest BCUT2D eigenvalue weighted by molar-refractivity contribution is -0.149. The first-order valence-electron chi connectivity index (χ1n) is 13.6. The largest absolute Gasteiger partial charge is 0.488 e. The SMILES string of the molecule is CC(C)(C)Oc1ccc(CC(NC(=O)c2ccc(C(=N)N)cc2)C(=O)N2C3CC[C@H]2CC(OCC(=O)O)C3)cc1. The molecular weight excluding hydrogens is 512 g/mol. The van der Waals surface area contributed by atoms with Crippen LogP contribution in [0.3, 0.4) is 0 Å². The van der Waals surface area contributed by atoms with Crippen LogP contribution in [0.15, 0.2) is 48.5 Å². The monoisotopic (exact) mass is 550 g/mol. The molecule has 2 heterocycles. The molecule has 10 heteroatoms. The van der Waals surface area contributed by atoms with Crippen molar-refractivity contribution in [3.05, 3.63) is 65.2 Å². The molecule has 2 amide bonds. The van der Waals surface area contributed by atoms with Gasteiger partial charge in [-0.1, -0.05) is 24.3 Å². The quantitative estimate of drug-likeness (QED) is 0.262. The summed E-state index contributed by atoms with van der Waals surface area (Å²) in [4.78, 5) is 40.1. The zero-order valence-electron chi connectivity index (χ0n) is 23.2. The average molecular weight is 551 g/mol. The Balaban J connectivity index is 1.53. The Morgan fingerprint density at radius 2 is 1.60 bits per heavy atom. The maximum absolute atomic E-state index is 14.0. The van der Waals surface area contributed by atoms with Crippen molar-refractivity contribution in [2.45, 2.75) is 82.7 Å². The van der Waals surface area contributed by atoms with Gasteiger partial charge in [-0.25, -0.2) is 4.79 Å². The standard InChI is InChI=1S/C30H38N4O6/c1-30(2,3)40-23-12-4-18(5-13-23)14-25(33-28(37)20-8-6-19(7-9-20)27(31)32)29(38)34-21-10-11-22(34)16-24(15-21)39-17-26(35)36/h4-9,12-13,21-22,24-25H,10-11,14-17H2,1-3H3,(H3,31,32)(H,33,37)(H,35,36)/t21-,22?,24?,25?/m0/s1. The molecule has 2 aromatic rings. The number of benzene rings is 2. The number of nitrogens with two attached hydrogens (primary N) is 1. The molecule has 214 valence electrons. The number of ether oxygens (including phenoxy) is 2. The van der Waals surface area contributed by atoms with Gasteiger partial charge in [-0.2, -0.15) is 0 Å². The van der Waals surface area contributed by atoms with Gasteiger partial charge in [-0.15, -0.1) is 0 Å². The first kappa shape index (κ1) is 29.1. The van der Waals surface area contributed by atoms with Crippen LogP contribution in [0.5, 0.6) is 5.75 Å². The minimum atomic E-state index is -1.01. The van der Waals surface area contributed by atoms with E-state index in [9.17, 15) is 14.4 Å². The lowest BCUT2D eigenvalue weighted by Gasteiger charge is -2.40. The summed E-state index contributed by atoms with van der Waals surface area (Å²) < 4.78 is 11.5. The summed E-state index contributed by atoms with van der Waals surface area (Å²) in [6.45, 7) is 5.56. The fourth-order valence-corrected chi connectivity index (χ4v) is 5.52. The van der Waals surface area contributed by atoms with Gasteiger partial charge in [-0.3, -0.25) is 15.0 Å². The molecule has 4 atom stereocenters. The number of carboxylic acid groups (broad SMARTS) is 1. The molecule has 3 unspecified atom stereocenters. The lowest BCUT2D eigenvalue weighted by atomic mass is 9.96. The smallest absolute Gasteiger partial charge is 0.329 e.